The van der Waals surface area contributed by atoms with Crippen molar-refractivity contribution >= 4 is 33.4 Å². The van der Waals surface area contributed by atoms with Gasteiger partial charge < -0.3 is 9.64 Å². The maximum atomic E-state index is 13.3. The normalized spacial score (nSPS) is 12.0. The zero-order chi connectivity index (χ0) is 20.4. The molecular formula is C20H21N3O4S. The molecule has 1 atom stereocenters. The van der Waals surface area contributed by atoms with Crippen LogP contribution in [0.3, 0.4) is 0 Å². The minimum Gasteiger partial charge on any atom is -0.462 e. The van der Waals surface area contributed by atoms with Gasteiger partial charge in [-0.25, -0.2) is 9.78 Å². The summed E-state index contributed by atoms with van der Waals surface area (Å²) in [6, 6.07) is 8.24. The molecule has 0 N–H and O–H groups in total. The Morgan fingerprint density at radius 3 is 2.54 bits per heavy atom. The van der Waals surface area contributed by atoms with Gasteiger partial charge in [-0.15, -0.1) is 11.3 Å². The Morgan fingerprint density at radius 1 is 1.25 bits per heavy atom. The Hall–Kier alpha value is -3.00. The van der Waals surface area contributed by atoms with E-state index in [4.69, 9.17) is 4.74 Å². The average molecular weight is 399 g/mol. The molecule has 7 nitrogen and oxygen atoms in total. The summed E-state index contributed by atoms with van der Waals surface area (Å²) in [4.78, 5) is 45.0. The van der Waals surface area contributed by atoms with Gasteiger partial charge in [-0.05, 0) is 25.0 Å². The fourth-order valence-corrected chi connectivity index (χ4v) is 4.05. The van der Waals surface area contributed by atoms with Crippen LogP contribution in [0.1, 0.15) is 33.8 Å². The minimum atomic E-state index is -0.842. The summed E-state index contributed by atoms with van der Waals surface area (Å²) in [6.45, 7) is 3.67. The van der Waals surface area contributed by atoms with Gasteiger partial charge in [-0.2, -0.15) is 0 Å². The van der Waals surface area contributed by atoms with Crippen LogP contribution in [0, 0.1) is 6.92 Å². The fourth-order valence-electron chi connectivity index (χ4n) is 3.01. The maximum Gasteiger partial charge on any atom is 0.348 e. The molecule has 2 heterocycles. The van der Waals surface area contributed by atoms with Crippen LogP contribution in [-0.4, -0.2) is 47.0 Å². The predicted molar refractivity (Wildman–Crippen MR) is 108 cm³/mol. The molecule has 28 heavy (non-hydrogen) atoms. The Morgan fingerprint density at radius 2 is 1.93 bits per heavy atom. The second kappa shape index (κ2) is 7.93. The van der Waals surface area contributed by atoms with Crippen LogP contribution in [-0.2, 0) is 9.53 Å². The number of benzene rings is 1. The summed E-state index contributed by atoms with van der Waals surface area (Å²) in [5, 5.41) is 0.336. The van der Waals surface area contributed by atoms with Crippen LogP contribution in [0.4, 0.5) is 0 Å². The quantitative estimate of drug-likeness (QED) is 0.616. The number of carbonyl (C=O) groups is 2. The van der Waals surface area contributed by atoms with Crippen molar-refractivity contribution in [3.05, 3.63) is 63.0 Å². The van der Waals surface area contributed by atoms with Gasteiger partial charge in [0.15, 0.2) is 0 Å². The van der Waals surface area contributed by atoms with Crippen LogP contribution in [0.25, 0.3) is 10.2 Å². The zero-order valence-corrected chi connectivity index (χ0v) is 16.9. The second-order valence-corrected chi connectivity index (χ2v) is 7.46. The fraction of sp³-hybridized carbons (Fsp3) is 0.300. The van der Waals surface area contributed by atoms with Crippen LogP contribution in [0.2, 0.25) is 0 Å². The number of likely N-dealkylation sites (N-methyl/N-ethyl adjacent to an activating group) is 1. The van der Waals surface area contributed by atoms with Crippen LogP contribution < -0.4 is 5.56 Å². The number of esters is 1. The highest BCUT2D eigenvalue weighted by Crippen LogP contribution is 2.28. The number of ether oxygens (including phenoxy) is 1. The number of rotatable bonds is 5. The summed E-state index contributed by atoms with van der Waals surface area (Å²) in [5.74, 6) is -0.717. The van der Waals surface area contributed by atoms with Crippen LogP contribution >= 0.6 is 11.3 Å². The Balaban J connectivity index is 2.22. The lowest BCUT2D eigenvalue weighted by Crippen LogP contribution is -2.37. The van der Waals surface area contributed by atoms with Crippen LogP contribution in [0.15, 0.2) is 41.5 Å². The molecule has 146 valence electrons. The van der Waals surface area contributed by atoms with E-state index in [1.54, 1.807) is 40.1 Å². The van der Waals surface area contributed by atoms with Gasteiger partial charge in [0.1, 0.15) is 22.1 Å². The first kappa shape index (κ1) is 19.8. The number of aromatic nitrogens is 2. The lowest BCUT2D eigenvalue weighted by atomic mass is 10.1. The highest BCUT2D eigenvalue weighted by atomic mass is 32.1. The molecule has 0 aliphatic heterocycles. The highest BCUT2D eigenvalue weighted by Gasteiger charge is 2.28. The molecule has 2 aromatic heterocycles. The zero-order valence-electron chi connectivity index (χ0n) is 16.1. The Bertz CT molecular complexity index is 1090. The Kier molecular flexibility index (Phi) is 5.60. The van der Waals surface area contributed by atoms with Crippen molar-refractivity contribution in [2.45, 2.75) is 19.9 Å². The van der Waals surface area contributed by atoms with Gasteiger partial charge in [-0.3, -0.25) is 14.2 Å². The number of nitrogens with zero attached hydrogens (tertiary/aromatic N) is 3. The molecule has 8 heteroatoms. The molecule has 3 rings (SSSR count). The topological polar surface area (TPSA) is 81.5 Å². The molecule has 0 unspecified atom stereocenters. The molecule has 0 aliphatic rings. The van der Waals surface area contributed by atoms with Gasteiger partial charge in [-0.1, -0.05) is 30.3 Å². The third kappa shape index (κ3) is 3.43. The van der Waals surface area contributed by atoms with E-state index < -0.39 is 12.0 Å². The molecule has 0 saturated carbocycles. The molecule has 0 aliphatic carbocycles. The van der Waals surface area contributed by atoms with Gasteiger partial charge in [0.25, 0.3) is 5.56 Å². The van der Waals surface area contributed by atoms with Crippen molar-refractivity contribution in [3.8, 4) is 0 Å². The van der Waals surface area contributed by atoms with E-state index in [0.29, 0.717) is 26.2 Å². The molecule has 0 radical (unpaired) electrons. The first-order valence-electron chi connectivity index (χ1n) is 8.80. The molecule has 0 fully saturated rings. The van der Waals surface area contributed by atoms with Gasteiger partial charge in [0, 0.05) is 14.1 Å². The van der Waals surface area contributed by atoms with E-state index in [1.165, 1.54) is 15.8 Å². The molecule has 1 aromatic carbocycles. The smallest absolute Gasteiger partial charge is 0.348 e. The summed E-state index contributed by atoms with van der Waals surface area (Å²) < 4.78 is 6.40. The van der Waals surface area contributed by atoms with E-state index in [9.17, 15) is 14.4 Å². The number of amides is 1. The first-order valence-corrected chi connectivity index (χ1v) is 9.61. The minimum absolute atomic E-state index is 0.243. The third-order valence-electron chi connectivity index (χ3n) is 4.40. The first-order chi connectivity index (χ1) is 13.4. The van der Waals surface area contributed by atoms with Crippen molar-refractivity contribution in [1.82, 2.24) is 14.5 Å². The maximum absolute atomic E-state index is 13.3. The third-order valence-corrected chi connectivity index (χ3v) is 5.58. The van der Waals surface area contributed by atoms with Crippen molar-refractivity contribution in [2.24, 2.45) is 0 Å². The summed E-state index contributed by atoms with van der Waals surface area (Å²) in [6.07, 6.45) is 1.37. The lowest BCUT2D eigenvalue weighted by Gasteiger charge is -2.22. The molecule has 0 saturated heterocycles. The standard InChI is InChI=1S/C20H21N3O4S/c1-5-27-20(26)16-12(2)14-17(28-16)21-11-23(18(14)24)15(19(25)22(3)4)13-9-7-6-8-10-13/h6-11,15H,5H2,1-4H3/t15-/m1/s1. The lowest BCUT2D eigenvalue weighted by molar-refractivity contribution is -0.131. The Labute approximate surface area is 166 Å². The number of hydrogen-bond acceptors (Lipinski definition) is 6. The van der Waals surface area contributed by atoms with Crippen molar-refractivity contribution < 1.29 is 14.3 Å². The molecule has 1 amide bonds. The van der Waals surface area contributed by atoms with E-state index >= 15 is 0 Å². The molecule has 3 aromatic rings. The van der Waals surface area contributed by atoms with Crippen molar-refractivity contribution in [1.29, 1.82) is 0 Å². The predicted octanol–water partition coefficient (Wildman–Crippen LogP) is 2.62. The number of carbonyl (C=O) groups excluding carboxylic acids is 2. The van der Waals surface area contributed by atoms with Crippen molar-refractivity contribution in [3.63, 3.8) is 0 Å². The van der Waals surface area contributed by atoms with Crippen molar-refractivity contribution in [2.75, 3.05) is 20.7 Å². The largest absolute Gasteiger partial charge is 0.462 e. The molecule has 0 spiro atoms. The van der Waals surface area contributed by atoms with Gasteiger partial charge in [0.2, 0.25) is 5.91 Å². The second-order valence-electron chi connectivity index (χ2n) is 6.46. The SMILES string of the molecule is CCOC(=O)c1sc2ncn([C@@H](C(=O)N(C)C)c3ccccc3)c(=O)c2c1C. The summed E-state index contributed by atoms with van der Waals surface area (Å²) in [5.41, 5.74) is 0.843. The monoisotopic (exact) mass is 399 g/mol. The van der Waals surface area contributed by atoms with Gasteiger partial charge >= 0.3 is 5.97 Å². The summed E-state index contributed by atoms with van der Waals surface area (Å²) in [7, 11) is 3.29. The number of hydrogen-bond donors (Lipinski definition) is 0. The number of thiophene rings is 1. The van der Waals surface area contributed by atoms with E-state index in [-0.39, 0.29) is 18.1 Å². The number of fused-ring (bicyclic) bond motifs is 1. The summed E-state index contributed by atoms with van der Waals surface area (Å²) >= 11 is 1.12. The van der Waals surface area contributed by atoms with Gasteiger partial charge in [0.05, 0.1) is 12.0 Å². The van der Waals surface area contributed by atoms with E-state index in [1.807, 2.05) is 18.2 Å². The molecular weight excluding hydrogens is 378 g/mol. The van der Waals surface area contributed by atoms with E-state index in [2.05, 4.69) is 4.98 Å². The number of aryl methyl sites for hydroxylation is 1. The average Bonchev–Trinajstić information content (AvgIpc) is 3.02. The highest BCUT2D eigenvalue weighted by molar-refractivity contribution is 7.20. The van der Waals surface area contributed by atoms with Crippen LogP contribution in [0.5, 0.6) is 0 Å². The molecule has 0 bridgehead atoms. The van der Waals surface area contributed by atoms with E-state index in [0.717, 1.165) is 11.3 Å².